The van der Waals surface area contributed by atoms with Gasteiger partial charge in [0.15, 0.2) is 0 Å². The Morgan fingerprint density at radius 3 is 2.65 bits per heavy atom. The summed E-state index contributed by atoms with van der Waals surface area (Å²) in [6.45, 7) is 2.92. The number of aryl methyl sites for hydroxylation is 1. The van der Waals surface area contributed by atoms with Crippen molar-refractivity contribution in [3.8, 4) is 0 Å². The van der Waals surface area contributed by atoms with E-state index >= 15 is 0 Å². The van der Waals surface area contributed by atoms with E-state index in [1.165, 1.54) is 11.1 Å². The number of nitrogens with zero attached hydrogens (tertiary/aromatic N) is 3. The van der Waals surface area contributed by atoms with Crippen molar-refractivity contribution in [1.82, 2.24) is 20.2 Å². The fraction of sp³-hybridized carbons (Fsp3) is 0.467. The summed E-state index contributed by atoms with van der Waals surface area (Å²) in [7, 11) is 0. The summed E-state index contributed by atoms with van der Waals surface area (Å²) >= 11 is 0. The van der Waals surface area contributed by atoms with Crippen LogP contribution in [0.2, 0.25) is 0 Å². The number of rotatable bonds is 5. The van der Waals surface area contributed by atoms with Gasteiger partial charge in [-0.25, -0.2) is 4.98 Å². The molecule has 1 heterocycles. The van der Waals surface area contributed by atoms with E-state index in [-0.39, 0.29) is 6.04 Å². The SMILES string of the molecule is CCn1ncnc1CC(NN)C1Cc2ccccc2C1. The minimum Gasteiger partial charge on any atom is -0.271 e. The maximum Gasteiger partial charge on any atom is 0.138 e. The first kappa shape index (κ1) is 13.3. The molecule has 0 radical (unpaired) electrons. The molecule has 1 aromatic carbocycles. The van der Waals surface area contributed by atoms with Gasteiger partial charge in [0.2, 0.25) is 0 Å². The molecular formula is C15H21N5. The highest BCUT2D eigenvalue weighted by Crippen LogP contribution is 2.29. The van der Waals surface area contributed by atoms with E-state index in [9.17, 15) is 0 Å². The normalized spacial score (nSPS) is 16.3. The van der Waals surface area contributed by atoms with Crippen molar-refractivity contribution in [3.63, 3.8) is 0 Å². The third kappa shape index (κ3) is 2.46. The molecule has 0 saturated carbocycles. The third-order valence-electron chi connectivity index (χ3n) is 4.26. The molecule has 3 rings (SSSR count). The van der Waals surface area contributed by atoms with Crippen LogP contribution < -0.4 is 11.3 Å². The smallest absolute Gasteiger partial charge is 0.138 e. The van der Waals surface area contributed by atoms with Crippen LogP contribution in [0.4, 0.5) is 0 Å². The van der Waals surface area contributed by atoms with Gasteiger partial charge in [0.1, 0.15) is 12.2 Å². The maximum absolute atomic E-state index is 5.79. The van der Waals surface area contributed by atoms with Crippen LogP contribution in [0.25, 0.3) is 0 Å². The van der Waals surface area contributed by atoms with Crippen molar-refractivity contribution in [1.29, 1.82) is 0 Å². The van der Waals surface area contributed by atoms with Crippen LogP contribution >= 0.6 is 0 Å². The molecule has 1 aliphatic carbocycles. The predicted molar refractivity (Wildman–Crippen MR) is 77.9 cm³/mol. The fourth-order valence-electron chi connectivity index (χ4n) is 3.15. The number of aromatic nitrogens is 3. The van der Waals surface area contributed by atoms with E-state index in [1.807, 2.05) is 4.68 Å². The van der Waals surface area contributed by atoms with E-state index in [0.717, 1.165) is 31.6 Å². The van der Waals surface area contributed by atoms with E-state index in [4.69, 9.17) is 5.84 Å². The molecule has 1 aromatic heterocycles. The van der Waals surface area contributed by atoms with Crippen molar-refractivity contribution >= 4 is 0 Å². The van der Waals surface area contributed by atoms with Gasteiger partial charge < -0.3 is 0 Å². The molecule has 1 unspecified atom stereocenters. The van der Waals surface area contributed by atoms with Gasteiger partial charge in [0.05, 0.1) is 0 Å². The summed E-state index contributed by atoms with van der Waals surface area (Å²) in [4.78, 5) is 4.35. The molecule has 5 nitrogen and oxygen atoms in total. The van der Waals surface area contributed by atoms with Crippen molar-refractivity contribution in [3.05, 3.63) is 47.5 Å². The Bertz CT molecular complexity index is 552. The molecule has 0 fully saturated rings. The Kier molecular flexibility index (Phi) is 3.80. The van der Waals surface area contributed by atoms with Gasteiger partial charge in [-0.05, 0) is 36.8 Å². The fourth-order valence-corrected chi connectivity index (χ4v) is 3.15. The van der Waals surface area contributed by atoms with Gasteiger partial charge in [0.25, 0.3) is 0 Å². The Labute approximate surface area is 119 Å². The van der Waals surface area contributed by atoms with Crippen molar-refractivity contribution < 1.29 is 0 Å². The van der Waals surface area contributed by atoms with Gasteiger partial charge in [-0.2, -0.15) is 5.10 Å². The first-order valence-corrected chi connectivity index (χ1v) is 7.21. The molecule has 0 aliphatic heterocycles. The van der Waals surface area contributed by atoms with Gasteiger partial charge in [-0.1, -0.05) is 24.3 Å². The minimum atomic E-state index is 0.233. The van der Waals surface area contributed by atoms with Crippen LogP contribution in [0.1, 0.15) is 23.9 Å². The molecule has 0 amide bonds. The zero-order valence-electron chi connectivity index (χ0n) is 11.8. The number of hydrogen-bond acceptors (Lipinski definition) is 4. The molecule has 106 valence electrons. The van der Waals surface area contributed by atoms with Gasteiger partial charge in [-0.3, -0.25) is 16.0 Å². The third-order valence-corrected chi connectivity index (χ3v) is 4.26. The summed E-state index contributed by atoms with van der Waals surface area (Å²) < 4.78 is 1.94. The molecule has 2 aromatic rings. The Morgan fingerprint density at radius 2 is 2.05 bits per heavy atom. The number of fused-ring (bicyclic) bond motifs is 1. The Hall–Kier alpha value is -1.72. The van der Waals surface area contributed by atoms with Crippen LogP contribution in [0.15, 0.2) is 30.6 Å². The second-order valence-electron chi connectivity index (χ2n) is 5.41. The monoisotopic (exact) mass is 271 g/mol. The zero-order chi connectivity index (χ0) is 13.9. The van der Waals surface area contributed by atoms with E-state index in [1.54, 1.807) is 6.33 Å². The summed E-state index contributed by atoms with van der Waals surface area (Å²) in [5.74, 6) is 7.32. The van der Waals surface area contributed by atoms with E-state index in [2.05, 4.69) is 46.7 Å². The molecule has 20 heavy (non-hydrogen) atoms. The molecular weight excluding hydrogens is 250 g/mol. The van der Waals surface area contributed by atoms with Crippen molar-refractivity contribution in [2.24, 2.45) is 11.8 Å². The summed E-state index contributed by atoms with van der Waals surface area (Å²) in [6, 6.07) is 8.89. The first-order chi connectivity index (χ1) is 9.81. The Morgan fingerprint density at radius 1 is 1.35 bits per heavy atom. The number of benzene rings is 1. The molecule has 3 N–H and O–H groups in total. The largest absolute Gasteiger partial charge is 0.271 e. The Balaban J connectivity index is 1.73. The standard InChI is InChI=1S/C15H21N5/c1-2-20-15(17-10-18-20)9-14(19-16)13-7-11-5-3-4-6-12(11)8-13/h3-6,10,13-14,19H,2,7-9,16H2,1H3. The van der Waals surface area contributed by atoms with Crippen molar-refractivity contribution in [2.45, 2.75) is 38.8 Å². The van der Waals surface area contributed by atoms with E-state index < -0.39 is 0 Å². The maximum atomic E-state index is 5.79. The second kappa shape index (κ2) is 5.73. The topological polar surface area (TPSA) is 68.8 Å². The van der Waals surface area contributed by atoms with Gasteiger partial charge >= 0.3 is 0 Å². The lowest BCUT2D eigenvalue weighted by Gasteiger charge is -2.22. The van der Waals surface area contributed by atoms with Crippen LogP contribution in [0.5, 0.6) is 0 Å². The summed E-state index contributed by atoms with van der Waals surface area (Å²) in [5, 5.41) is 4.23. The lowest BCUT2D eigenvalue weighted by Crippen LogP contribution is -2.43. The highest BCUT2D eigenvalue weighted by atomic mass is 15.3. The predicted octanol–water partition coefficient (Wildman–Crippen LogP) is 1.09. The first-order valence-electron chi connectivity index (χ1n) is 7.21. The second-order valence-corrected chi connectivity index (χ2v) is 5.41. The molecule has 0 bridgehead atoms. The summed E-state index contributed by atoms with van der Waals surface area (Å²) in [5.41, 5.74) is 5.89. The number of hydrazine groups is 1. The van der Waals surface area contributed by atoms with Crippen LogP contribution in [-0.4, -0.2) is 20.8 Å². The highest BCUT2D eigenvalue weighted by molar-refractivity contribution is 5.32. The summed E-state index contributed by atoms with van der Waals surface area (Å²) in [6.07, 6.45) is 4.62. The molecule has 0 spiro atoms. The van der Waals surface area contributed by atoms with Crippen molar-refractivity contribution in [2.75, 3.05) is 0 Å². The quantitative estimate of drug-likeness (QED) is 0.631. The van der Waals surface area contributed by atoms with Gasteiger partial charge in [-0.15, -0.1) is 0 Å². The molecule has 5 heteroatoms. The number of nitrogens with one attached hydrogen (secondary N) is 1. The van der Waals surface area contributed by atoms with E-state index in [0.29, 0.717) is 5.92 Å². The number of nitrogens with two attached hydrogens (primary N) is 1. The molecule has 0 saturated heterocycles. The van der Waals surface area contributed by atoms with Crippen LogP contribution in [-0.2, 0) is 25.8 Å². The minimum absolute atomic E-state index is 0.233. The lowest BCUT2D eigenvalue weighted by molar-refractivity contribution is 0.356. The average Bonchev–Trinajstić information content (AvgIpc) is 3.10. The lowest BCUT2D eigenvalue weighted by atomic mass is 9.94. The average molecular weight is 271 g/mol. The number of hydrogen-bond donors (Lipinski definition) is 2. The highest BCUT2D eigenvalue weighted by Gasteiger charge is 2.28. The molecule has 1 aliphatic rings. The zero-order valence-corrected chi connectivity index (χ0v) is 11.8. The van der Waals surface area contributed by atoms with Gasteiger partial charge in [0, 0.05) is 19.0 Å². The van der Waals surface area contributed by atoms with Crippen LogP contribution in [0.3, 0.4) is 0 Å². The molecule has 1 atom stereocenters. The van der Waals surface area contributed by atoms with Crippen LogP contribution in [0, 0.1) is 5.92 Å².